The van der Waals surface area contributed by atoms with Crippen molar-refractivity contribution in [1.82, 2.24) is 14.9 Å². The van der Waals surface area contributed by atoms with E-state index in [1.54, 1.807) is 6.20 Å². The van der Waals surface area contributed by atoms with Gasteiger partial charge in [-0.2, -0.15) is 0 Å². The van der Waals surface area contributed by atoms with E-state index >= 15 is 0 Å². The second-order valence-electron chi connectivity index (χ2n) is 2.98. The first-order valence-electron chi connectivity index (χ1n) is 4.71. The van der Waals surface area contributed by atoms with E-state index < -0.39 is 0 Å². The van der Waals surface area contributed by atoms with Gasteiger partial charge in [0.15, 0.2) is 0 Å². The van der Waals surface area contributed by atoms with Crippen molar-refractivity contribution in [2.75, 3.05) is 13.1 Å². The average molecular weight is 179 g/mol. The second kappa shape index (κ2) is 6.43. The quantitative estimate of drug-likeness (QED) is 0.507. The van der Waals surface area contributed by atoms with Crippen LogP contribution >= 0.6 is 0 Å². The molecule has 0 atom stereocenters. The maximum atomic E-state index is 3.97. The van der Waals surface area contributed by atoms with E-state index in [9.17, 15) is 0 Å². The first-order chi connectivity index (χ1) is 6.43. The fourth-order valence-electron chi connectivity index (χ4n) is 1.12. The summed E-state index contributed by atoms with van der Waals surface area (Å²) in [5.74, 6) is 0. The molecule has 72 valence electrons. The van der Waals surface area contributed by atoms with Crippen LogP contribution in [-0.2, 0) is 6.54 Å². The minimum absolute atomic E-state index is 0.994. The first-order valence-corrected chi connectivity index (χ1v) is 4.71. The summed E-state index contributed by atoms with van der Waals surface area (Å²) in [5.41, 5.74) is 0. The first kappa shape index (κ1) is 9.99. The molecular formula is C10H17N3. The van der Waals surface area contributed by atoms with Gasteiger partial charge in [-0.1, -0.05) is 6.08 Å². The van der Waals surface area contributed by atoms with Gasteiger partial charge >= 0.3 is 0 Å². The third kappa shape index (κ3) is 4.48. The molecule has 0 saturated heterocycles. The number of nitrogens with zero attached hydrogens (tertiary/aromatic N) is 2. The highest BCUT2D eigenvalue weighted by Crippen LogP contribution is 1.87. The van der Waals surface area contributed by atoms with Crippen molar-refractivity contribution < 1.29 is 0 Å². The van der Waals surface area contributed by atoms with Crippen LogP contribution in [-0.4, -0.2) is 22.6 Å². The molecule has 0 aromatic carbocycles. The van der Waals surface area contributed by atoms with E-state index in [0.717, 1.165) is 26.1 Å². The molecule has 0 bridgehead atoms. The Kier molecular flexibility index (Phi) is 4.94. The van der Waals surface area contributed by atoms with Crippen molar-refractivity contribution in [3.05, 3.63) is 31.4 Å². The number of imidazole rings is 1. The molecule has 0 unspecified atom stereocenters. The predicted octanol–water partition coefficient (Wildman–Crippen LogP) is 1.44. The van der Waals surface area contributed by atoms with Crippen molar-refractivity contribution in [2.24, 2.45) is 0 Å². The molecule has 3 nitrogen and oxygen atoms in total. The van der Waals surface area contributed by atoms with Gasteiger partial charge in [0.05, 0.1) is 6.33 Å². The summed E-state index contributed by atoms with van der Waals surface area (Å²) in [6.45, 7) is 6.75. The van der Waals surface area contributed by atoms with Gasteiger partial charge in [0.2, 0.25) is 0 Å². The Morgan fingerprint density at radius 3 is 3.08 bits per heavy atom. The molecular weight excluding hydrogens is 162 g/mol. The van der Waals surface area contributed by atoms with E-state index in [4.69, 9.17) is 0 Å². The molecule has 0 fully saturated rings. The van der Waals surface area contributed by atoms with Crippen LogP contribution in [0.1, 0.15) is 12.8 Å². The van der Waals surface area contributed by atoms with Crippen LogP contribution in [0.25, 0.3) is 0 Å². The minimum Gasteiger partial charge on any atom is -0.336 e. The Hall–Kier alpha value is -1.09. The predicted molar refractivity (Wildman–Crippen MR) is 54.5 cm³/mol. The standard InChI is InChI=1S/C10H17N3/c1-2-3-4-5-11-6-8-13-9-7-12-10-13/h2,7,9-11H,1,3-6,8H2. The molecule has 1 aromatic rings. The highest BCUT2D eigenvalue weighted by Gasteiger charge is 1.89. The SMILES string of the molecule is C=CCCCNCCn1ccnc1. The van der Waals surface area contributed by atoms with Crippen molar-refractivity contribution in [3.8, 4) is 0 Å². The molecule has 0 aliphatic rings. The third-order valence-corrected chi connectivity index (χ3v) is 1.87. The molecule has 1 aromatic heterocycles. The summed E-state index contributed by atoms with van der Waals surface area (Å²) in [6.07, 6.45) is 9.84. The maximum absolute atomic E-state index is 3.97. The van der Waals surface area contributed by atoms with Crippen molar-refractivity contribution >= 4 is 0 Å². The average Bonchev–Trinajstić information content (AvgIpc) is 2.63. The second-order valence-corrected chi connectivity index (χ2v) is 2.98. The van der Waals surface area contributed by atoms with Gasteiger partial charge in [-0.05, 0) is 19.4 Å². The number of unbranched alkanes of at least 4 members (excludes halogenated alkanes) is 1. The zero-order valence-corrected chi connectivity index (χ0v) is 7.95. The summed E-state index contributed by atoms with van der Waals surface area (Å²) in [6, 6.07) is 0. The Labute approximate surface area is 79.5 Å². The summed E-state index contributed by atoms with van der Waals surface area (Å²) in [7, 11) is 0. The zero-order valence-electron chi connectivity index (χ0n) is 7.95. The van der Waals surface area contributed by atoms with Crippen LogP contribution in [0.15, 0.2) is 31.4 Å². The smallest absolute Gasteiger partial charge is 0.0946 e. The maximum Gasteiger partial charge on any atom is 0.0946 e. The van der Waals surface area contributed by atoms with Crippen LogP contribution in [0.5, 0.6) is 0 Å². The lowest BCUT2D eigenvalue weighted by Crippen LogP contribution is -2.20. The molecule has 0 spiro atoms. The molecule has 13 heavy (non-hydrogen) atoms. The summed E-state index contributed by atoms with van der Waals surface area (Å²) in [4.78, 5) is 3.97. The lowest BCUT2D eigenvalue weighted by Gasteiger charge is -2.03. The number of hydrogen-bond acceptors (Lipinski definition) is 2. The van der Waals surface area contributed by atoms with Gasteiger partial charge in [-0.25, -0.2) is 4.98 Å². The van der Waals surface area contributed by atoms with Crippen LogP contribution in [0.4, 0.5) is 0 Å². The van der Waals surface area contributed by atoms with E-state index in [2.05, 4.69) is 21.4 Å². The van der Waals surface area contributed by atoms with Crippen LogP contribution in [0.2, 0.25) is 0 Å². The number of allylic oxidation sites excluding steroid dienone is 1. The lowest BCUT2D eigenvalue weighted by atomic mass is 10.3. The van der Waals surface area contributed by atoms with Crippen molar-refractivity contribution in [1.29, 1.82) is 0 Å². The topological polar surface area (TPSA) is 29.9 Å². The van der Waals surface area contributed by atoms with Crippen molar-refractivity contribution in [2.45, 2.75) is 19.4 Å². The Bertz CT molecular complexity index is 216. The summed E-state index contributed by atoms with van der Waals surface area (Å²) in [5, 5.41) is 3.36. The monoisotopic (exact) mass is 179 g/mol. The van der Waals surface area contributed by atoms with Crippen LogP contribution in [0, 0.1) is 0 Å². The fourth-order valence-corrected chi connectivity index (χ4v) is 1.12. The van der Waals surface area contributed by atoms with E-state index in [1.165, 1.54) is 6.42 Å². The Morgan fingerprint density at radius 2 is 2.38 bits per heavy atom. The molecule has 0 amide bonds. The van der Waals surface area contributed by atoms with Gasteiger partial charge in [0, 0.05) is 25.5 Å². The fraction of sp³-hybridized carbons (Fsp3) is 0.500. The van der Waals surface area contributed by atoms with Gasteiger partial charge in [-0.15, -0.1) is 6.58 Å². The van der Waals surface area contributed by atoms with Gasteiger partial charge in [0.1, 0.15) is 0 Å². The van der Waals surface area contributed by atoms with E-state index in [1.807, 2.05) is 18.6 Å². The molecule has 0 aliphatic heterocycles. The molecule has 0 saturated carbocycles. The zero-order chi connectivity index (χ0) is 9.36. The summed E-state index contributed by atoms with van der Waals surface area (Å²) >= 11 is 0. The lowest BCUT2D eigenvalue weighted by molar-refractivity contribution is 0.585. The molecule has 0 radical (unpaired) electrons. The van der Waals surface area contributed by atoms with Gasteiger partial charge < -0.3 is 9.88 Å². The molecule has 3 heteroatoms. The van der Waals surface area contributed by atoms with Crippen LogP contribution in [0.3, 0.4) is 0 Å². The third-order valence-electron chi connectivity index (χ3n) is 1.87. The van der Waals surface area contributed by atoms with E-state index in [0.29, 0.717) is 0 Å². The number of aromatic nitrogens is 2. The Morgan fingerprint density at radius 1 is 1.46 bits per heavy atom. The normalized spacial score (nSPS) is 10.2. The van der Waals surface area contributed by atoms with Gasteiger partial charge in [0.25, 0.3) is 0 Å². The number of nitrogens with one attached hydrogen (secondary N) is 1. The number of rotatable bonds is 7. The molecule has 1 rings (SSSR count). The van der Waals surface area contributed by atoms with Crippen molar-refractivity contribution in [3.63, 3.8) is 0 Å². The van der Waals surface area contributed by atoms with Crippen LogP contribution < -0.4 is 5.32 Å². The highest BCUT2D eigenvalue weighted by molar-refractivity contribution is 4.74. The Balaban J connectivity index is 1.93. The highest BCUT2D eigenvalue weighted by atomic mass is 15.0. The minimum atomic E-state index is 0.994. The summed E-state index contributed by atoms with van der Waals surface area (Å²) < 4.78 is 2.07. The molecule has 1 heterocycles. The number of hydrogen-bond donors (Lipinski definition) is 1. The van der Waals surface area contributed by atoms with Gasteiger partial charge in [-0.3, -0.25) is 0 Å². The molecule has 0 aliphatic carbocycles. The molecule has 1 N–H and O–H groups in total. The largest absolute Gasteiger partial charge is 0.336 e. The van der Waals surface area contributed by atoms with E-state index in [-0.39, 0.29) is 0 Å².